The normalized spacial score (nSPS) is 19.7. The lowest BCUT2D eigenvalue weighted by molar-refractivity contribution is -0.121. The second-order valence-corrected chi connectivity index (χ2v) is 11.5. The molecule has 7 nitrogen and oxygen atoms in total. The minimum Gasteiger partial charge on any atom is -0.358 e. The summed E-state index contributed by atoms with van der Waals surface area (Å²) in [4.78, 5) is 11.4. The molecule has 1 N–H and O–H groups in total. The van der Waals surface area contributed by atoms with E-state index in [0.29, 0.717) is 28.8 Å². The van der Waals surface area contributed by atoms with Crippen molar-refractivity contribution in [1.29, 1.82) is 0 Å². The van der Waals surface area contributed by atoms with Crippen molar-refractivity contribution in [1.82, 2.24) is 18.9 Å². The van der Waals surface area contributed by atoms with Crippen molar-refractivity contribution in [3.63, 3.8) is 0 Å². The van der Waals surface area contributed by atoms with Crippen LogP contribution in [0.3, 0.4) is 0 Å². The number of rotatable bonds is 8. The molecule has 2 aliphatic rings. The fraction of sp³-hybridized carbons (Fsp3) is 0.667. The zero-order valence-electron chi connectivity index (χ0n) is 12.3. The minimum atomic E-state index is -3.54. The highest BCUT2D eigenvalue weighted by Gasteiger charge is 2.37. The standard InChI is InChI=1S/C12H20N4O3P2S/c1-13-11(17)8-15-7-6-12(14-15)22(18,19)16(20-9-2-3-9)21-10-4-5-10/h6-7,9-10,20-21H,2-5,8H2,1H3,(H,13,17). The second-order valence-electron chi connectivity index (χ2n) is 5.60. The molecule has 122 valence electrons. The van der Waals surface area contributed by atoms with Gasteiger partial charge in [0.05, 0.1) is 0 Å². The lowest BCUT2D eigenvalue weighted by atomic mass is 10.6. The van der Waals surface area contributed by atoms with Crippen LogP contribution in [0.5, 0.6) is 0 Å². The average molecular weight is 362 g/mol. The molecule has 0 radical (unpaired) electrons. The maximum atomic E-state index is 12.8. The third-order valence-corrected chi connectivity index (χ3v) is 9.89. The summed E-state index contributed by atoms with van der Waals surface area (Å²) < 4.78 is 28.6. The van der Waals surface area contributed by atoms with Crippen LogP contribution in [0.1, 0.15) is 25.7 Å². The van der Waals surface area contributed by atoms with E-state index in [0.717, 1.165) is 25.7 Å². The van der Waals surface area contributed by atoms with Crippen molar-refractivity contribution in [2.24, 2.45) is 0 Å². The second kappa shape index (κ2) is 6.52. The Balaban J connectivity index is 1.75. The van der Waals surface area contributed by atoms with E-state index in [1.54, 1.807) is 17.1 Å². The van der Waals surface area contributed by atoms with Gasteiger partial charge in [-0.05, 0) is 60.5 Å². The molecule has 0 bridgehead atoms. The van der Waals surface area contributed by atoms with Crippen LogP contribution >= 0.6 is 17.5 Å². The van der Waals surface area contributed by atoms with E-state index < -0.39 is 10.0 Å². The van der Waals surface area contributed by atoms with E-state index in [9.17, 15) is 13.2 Å². The van der Waals surface area contributed by atoms with E-state index in [1.807, 2.05) is 0 Å². The first-order valence-electron chi connectivity index (χ1n) is 7.31. The van der Waals surface area contributed by atoms with Crippen molar-refractivity contribution >= 4 is 33.4 Å². The summed E-state index contributed by atoms with van der Waals surface area (Å²) in [5, 5.41) is 6.63. The van der Waals surface area contributed by atoms with Gasteiger partial charge in [-0.1, -0.05) is 0 Å². The van der Waals surface area contributed by atoms with Gasteiger partial charge in [0.2, 0.25) is 5.91 Å². The van der Waals surface area contributed by atoms with Crippen LogP contribution in [-0.2, 0) is 21.4 Å². The molecule has 1 aromatic rings. The van der Waals surface area contributed by atoms with E-state index in [2.05, 4.69) is 10.4 Å². The topological polar surface area (TPSA) is 84.3 Å². The molecule has 2 saturated carbocycles. The van der Waals surface area contributed by atoms with Crippen molar-refractivity contribution in [3.05, 3.63) is 12.3 Å². The zero-order chi connectivity index (χ0) is 15.7. The fourth-order valence-electron chi connectivity index (χ4n) is 1.82. The number of carbonyl (C=O) groups is 1. The van der Waals surface area contributed by atoms with Gasteiger partial charge in [-0.3, -0.25) is 9.48 Å². The Morgan fingerprint density at radius 1 is 1.36 bits per heavy atom. The lowest BCUT2D eigenvalue weighted by Gasteiger charge is -2.20. The summed E-state index contributed by atoms with van der Waals surface area (Å²) in [7, 11) is -1.33. The Morgan fingerprint density at radius 3 is 2.45 bits per heavy atom. The number of sulfonamides is 1. The largest absolute Gasteiger partial charge is 0.358 e. The highest BCUT2D eigenvalue weighted by Crippen LogP contribution is 2.54. The predicted molar refractivity (Wildman–Crippen MR) is 88.0 cm³/mol. The van der Waals surface area contributed by atoms with Crippen LogP contribution in [0.4, 0.5) is 0 Å². The number of nitrogens with zero attached hydrogens (tertiary/aromatic N) is 3. The SMILES string of the molecule is CNC(=O)Cn1ccc(S(=O)(=O)N(PC2CC2)PC2CC2)n1. The molecule has 2 unspecified atom stereocenters. The molecule has 10 heteroatoms. The van der Waals surface area contributed by atoms with Gasteiger partial charge in [0.1, 0.15) is 6.54 Å². The van der Waals surface area contributed by atoms with Gasteiger partial charge in [-0.25, -0.2) is 8.42 Å². The van der Waals surface area contributed by atoms with Gasteiger partial charge < -0.3 is 5.32 Å². The summed E-state index contributed by atoms with van der Waals surface area (Å²) >= 11 is 0. The molecule has 22 heavy (non-hydrogen) atoms. The van der Waals surface area contributed by atoms with Crippen molar-refractivity contribution in [2.75, 3.05) is 7.05 Å². The van der Waals surface area contributed by atoms with Crippen molar-refractivity contribution in [3.8, 4) is 0 Å². The molecule has 0 spiro atoms. The number of aromatic nitrogens is 2. The molecule has 0 aliphatic heterocycles. The molecule has 2 atom stereocenters. The van der Waals surface area contributed by atoms with Gasteiger partial charge in [-0.2, -0.15) is 8.94 Å². The van der Waals surface area contributed by atoms with E-state index in [1.165, 1.54) is 10.7 Å². The molecule has 1 aromatic heterocycles. The molecule has 0 saturated heterocycles. The Morgan fingerprint density at radius 2 is 1.95 bits per heavy atom. The minimum absolute atomic E-state index is 0.0296. The number of nitrogens with one attached hydrogen (secondary N) is 1. The van der Waals surface area contributed by atoms with Gasteiger partial charge in [-0.15, -0.1) is 0 Å². The fourth-order valence-corrected chi connectivity index (χ4v) is 7.92. The number of likely N-dealkylation sites (N-methyl/N-ethyl adjacent to an activating group) is 1. The number of carbonyl (C=O) groups excluding carboxylic acids is 1. The van der Waals surface area contributed by atoms with Crippen LogP contribution in [0.2, 0.25) is 0 Å². The predicted octanol–water partition coefficient (Wildman–Crippen LogP) is 1.13. The maximum absolute atomic E-state index is 12.8. The quantitative estimate of drug-likeness (QED) is 0.703. The molecule has 1 amide bonds. The summed E-state index contributed by atoms with van der Waals surface area (Å²) in [6, 6.07) is 1.49. The Kier molecular flexibility index (Phi) is 4.83. The lowest BCUT2D eigenvalue weighted by Crippen LogP contribution is -2.24. The van der Waals surface area contributed by atoms with E-state index >= 15 is 0 Å². The zero-order valence-corrected chi connectivity index (χ0v) is 15.1. The number of hydrogen-bond acceptors (Lipinski definition) is 4. The van der Waals surface area contributed by atoms with Crippen molar-refractivity contribution < 1.29 is 13.2 Å². The van der Waals surface area contributed by atoms with Gasteiger partial charge in [0.15, 0.2) is 5.03 Å². The molecule has 0 aromatic carbocycles. The Labute approximate surface area is 133 Å². The van der Waals surface area contributed by atoms with Crippen LogP contribution in [0, 0.1) is 0 Å². The summed E-state index contributed by atoms with van der Waals surface area (Å²) in [6.07, 6.45) is 6.06. The summed E-state index contributed by atoms with van der Waals surface area (Å²) in [5.41, 5.74) is 1.07. The van der Waals surface area contributed by atoms with Crippen molar-refractivity contribution in [2.45, 2.75) is 48.6 Å². The monoisotopic (exact) mass is 362 g/mol. The molecular weight excluding hydrogens is 342 g/mol. The highest BCUT2D eigenvalue weighted by molar-refractivity contribution is 7.97. The Hall–Kier alpha value is -0.550. The smallest absolute Gasteiger partial charge is 0.268 e. The van der Waals surface area contributed by atoms with Crippen LogP contribution in [0.25, 0.3) is 0 Å². The molecule has 2 fully saturated rings. The van der Waals surface area contributed by atoms with Crippen LogP contribution in [-0.4, -0.2) is 46.3 Å². The van der Waals surface area contributed by atoms with Crippen LogP contribution < -0.4 is 5.32 Å². The third kappa shape index (κ3) is 4.05. The van der Waals surface area contributed by atoms with Gasteiger partial charge in [0.25, 0.3) is 10.0 Å². The number of hydrogen-bond donors (Lipinski definition) is 1. The molecule has 2 aliphatic carbocycles. The molecular formula is C12H20N4O3P2S. The van der Waals surface area contributed by atoms with Gasteiger partial charge in [0, 0.05) is 13.2 Å². The summed E-state index contributed by atoms with van der Waals surface area (Å²) in [6.45, 7) is 0.0296. The molecule has 1 heterocycles. The molecule has 3 rings (SSSR count). The third-order valence-electron chi connectivity index (χ3n) is 3.46. The van der Waals surface area contributed by atoms with Crippen LogP contribution in [0.15, 0.2) is 17.3 Å². The first kappa shape index (κ1) is 16.3. The number of amides is 1. The van der Waals surface area contributed by atoms with E-state index in [4.69, 9.17) is 0 Å². The van der Waals surface area contributed by atoms with Gasteiger partial charge >= 0.3 is 0 Å². The van der Waals surface area contributed by atoms with E-state index in [-0.39, 0.29) is 17.5 Å². The average Bonchev–Trinajstić information content (AvgIpc) is 3.40. The first-order valence-corrected chi connectivity index (χ1v) is 10.8. The first-order chi connectivity index (χ1) is 10.5. The summed E-state index contributed by atoms with van der Waals surface area (Å²) in [5.74, 6) is -0.205. The Bertz CT molecular complexity index is 641. The maximum Gasteiger partial charge on any atom is 0.268 e. The highest BCUT2D eigenvalue weighted by atomic mass is 32.2.